The largest absolute Gasteiger partial charge is 0.346 e. The first-order valence-corrected chi connectivity index (χ1v) is 9.41. The Morgan fingerprint density at radius 1 is 1.04 bits per heavy atom. The Hall–Kier alpha value is -1.13. The second kappa shape index (κ2) is 7.63. The summed E-state index contributed by atoms with van der Waals surface area (Å²) in [5, 5.41) is 4.33. The third-order valence-corrected chi connectivity index (χ3v) is 5.69. The molecule has 0 spiro atoms. The lowest BCUT2D eigenvalue weighted by Crippen LogP contribution is -2.53. The van der Waals surface area contributed by atoms with Crippen LogP contribution in [-0.4, -0.2) is 47.1 Å². The van der Waals surface area contributed by atoms with E-state index in [9.17, 15) is 0 Å². The summed E-state index contributed by atoms with van der Waals surface area (Å²) in [5.41, 5.74) is 3.66. The fourth-order valence-electron chi connectivity index (χ4n) is 3.80. The number of hydrogen-bond acceptors (Lipinski definition) is 2. The number of nitrogens with one attached hydrogen (secondary N) is 1. The summed E-state index contributed by atoms with van der Waals surface area (Å²) >= 11 is 5.65. The van der Waals surface area contributed by atoms with E-state index in [1.165, 1.54) is 43.2 Å². The molecule has 3 nitrogen and oxygen atoms in total. The summed E-state index contributed by atoms with van der Waals surface area (Å²) < 4.78 is 0. The predicted molar refractivity (Wildman–Crippen MR) is 102 cm³/mol. The molecule has 0 radical (unpaired) electrons. The second-order valence-electron chi connectivity index (χ2n) is 7.06. The molecule has 23 heavy (non-hydrogen) atoms. The van der Waals surface area contributed by atoms with E-state index in [0.717, 1.165) is 43.0 Å². The SMILES string of the molecule is Cc1ccc(C)c(NC(=S)N2CCN(C3CCCCC3)CC2)c1. The average Bonchev–Trinajstić information content (AvgIpc) is 2.59. The third kappa shape index (κ3) is 4.24. The number of hydrogen-bond donors (Lipinski definition) is 1. The Bertz CT molecular complexity index is 544. The van der Waals surface area contributed by atoms with Crippen molar-refractivity contribution in [3.8, 4) is 0 Å². The molecule has 1 aromatic rings. The molecule has 4 heteroatoms. The minimum atomic E-state index is 0.825. The molecule has 1 aromatic carbocycles. The summed E-state index contributed by atoms with van der Waals surface area (Å²) in [5.74, 6) is 0. The van der Waals surface area contributed by atoms with E-state index in [4.69, 9.17) is 12.2 Å². The topological polar surface area (TPSA) is 18.5 Å². The monoisotopic (exact) mass is 331 g/mol. The summed E-state index contributed by atoms with van der Waals surface area (Å²) in [6.07, 6.45) is 7.05. The molecule has 1 saturated heterocycles. The van der Waals surface area contributed by atoms with Crippen LogP contribution in [0.25, 0.3) is 0 Å². The molecule has 0 unspecified atom stereocenters. The van der Waals surface area contributed by atoms with Crippen molar-refractivity contribution in [3.05, 3.63) is 29.3 Å². The molecular formula is C19H29N3S. The third-order valence-electron chi connectivity index (χ3n) is 5.33. The molecule has 0 atom stereocenters. The van der Waals surface area contributed by atoms with Gasteiger partial charge in [-0.3, -0.25) is 4.90 Å². The van der Waals surface area contributed by atoms with E-state index in [0.29, 0.717) is 0 Å². The zero-order valence-electron chi connectivity index (χ0n) is 14.5. The van der Waals surface area contributed by atoms with Gasteiger partial charge >= 0.3 is 0 Å². The highest BCUT2D eigenvalue weighted by molar-refractivity contribution is 7.80. The average molecular weight is 332 g/mol. The van der Waals surface area contributed by atoms with Crippen molar-refractivity contribution in [2.24, 2.45) is 0 Å². The Morgan fingerprint density at radius 3 is 2.43 bits per heavy atom. The molecular weight excluding hydrogens is 302 g/mol. The molecule has 1 heterocycles. The van der Waals surface area contributed by atoms with E-state index in [1.54, 1.807) is 0 Å². The van der Waals surface area contributed by atoms with Crippen molar-refractivity contribution < 1.29 is 0 Å². The Morgan fingerprint density at radius 2 is 1.74 bits per heavy atom. The van der Waals surface area contributed by atoms with Crippen molar-refractivity contribution in [2.45, 2.75) is 52.0 Å². The molecule has 3 rings (SSSR count). The normalized spacial score (nSPS) is 20.5. The Balaban J connectivity index is 1.52. The van der Waals surface area contributed by atoms with Crippen LogP contribution in [0.2, 0.25) is 0 Å². The number of piperazine rings is 1. The molecule has 1 saturated carbocycles. The number of nitrogens with zero attached hydrogens (tertiary/aromatic N) is 2. The summed E-state index contributed by atoms with van der Waals surface area (Å²) in [4.78, 5) is 5.02. The zero-order chi connectivity index (χ0) is 16.2. The first-order chi connectivity index (χ1) is 11.1. The van der Waals surface area contributed by atoms with Crippen molar-refractivity contribution in [1.82, 2.24) is 9.80 Å². The summed E-state index contributed by atoms with van der Waals surface area (Å²) in [7, 11) is 0. The van der Waals surface area contributed by atoms with Crippen molar-refractivity contribution in [3.63, 3.8) is 0 Å². The lowest BCUT2D eigenvalue weighted by atomic mass is 9.94. The van der Waals surface area contributed by atoms with Gasteiger partial charge in [-0.15, -0.1) is 0 Å². The van der Waals surface area contributed by atoms with Crippen molar-refractivity contribution in [2.75, 3.05) is 31.5 Å². The van der Waals surface area contributed by atoms with Crippen molar-refractivity contribution in [1.29, 1.82) is 0 Å². The zero-order valence-corrected chi connectivity index (χ0v) is 15.3. The smallest absolute Gasteiger partial charge is 0.173 e. The summed E-state index contributed by atoms with van der Waals surface area (Å²) in [6, 6.07) is 7.31. The van der Waals surface area contributed by atoms with Crippen LogP contribution in [0.15, 0.2) is 18.2 Å². The van der Waals surface area contributed by atoms with Crippen LogP contribution in [0.3, 0.4) is 0 Å². The van der Waals surface area contributed by atoms with Crippen molar-refractivity contribution >= 4 is 23.0 Å². The minimum Gasteiger partial charge on any atom is -0.346 e. The van der Waals surface area contributed by atoms with Gasteiger partial charge in [0.25, 0.3) is 0 Å². The molecule has 1 N–H and O–H groups in total. The van der Waals surface area contributed by atoms with E-state index >= 15 is 0 Å². The molecule has 1 aliphatic carbocycles. The summed E-state index contributed by atoms with van der Waals surface area (Å²) in [6.45, 7) is 8.65. The lowest BCUT2D eigenvalue weighted by molar-refractivity contribution is 0.108. The van der Waals surface area contributed by atoms with E-state index in [2.05, 4.69) is 47.2 Å². The van der Waals surface area contributed by atoms with Gasteiger partial charge in [-0.2, -0.15) is 0 Å². The van der Waals surface area contributed by atoms with Gasteiger partial charge in [-0.25, -0.2) is 0 Å². The quantitative estimate of drug-likeness (QED) is 0.827. The number of aryl methyl sites for hydroxylation is 2. The molecule has 2 aliphatic rings. The predicted octanol–water partition coefficient (Wildman–Crippen LogP) is 3.95. The van der Waals surface area contributed by atoms with E-state index < -0.39 is 0 Å². The maximum absolute atomic E-state index is 5.65. The van der Waals surface area contributed by atoms with Gasteiger partial charge in [0.1, 0.15) is 0 Å². The van der Waals surface area contributed by atoms with Gasteiger partial charge < -0.3 is 10.2 Å². The standard InChI is InChI=1S/C19H29N3S/c1-15-8-9-16(2)18(14-15)20-19(23)22-12-10-21(11-13-22)17-6-4-3-5-7-17/h8-9,14,17H,3-7,10-13H2,1-2H3,(H,20,23). The second-order valence-corrected chi connectivity index (χ2v) is 7.45. The van der Waals surface area contributed by atoms with Gasteiger partial charge in [0.05, 0.1) is 0 Å². The van der Waals surface area contributed by atoms with Crippen LogP contribution in [0, 0.1) is 13.8 Å². The van der Waals surface area contributed by atoms with Gasteiger partial charge in [-0.05, 0) is 56.1 Å². The maximum atomic E-state index is 5.65. The first kappa shape index (κ1) is 16.7. The molecule has 0 aromatic heterocycles. The van der Waals surface area contributed by atoms with Gasteiger partial charge in [-0.1, -0.05) is 31.4 Å². The fraction of sp³-hybridized carbons (Fsp3) is 0.632. The molecule has 0 bridgehead atoms. The van der Waals surface area contributed by atoms with E-state index in [1.807, 2.05) is 0 Å². The van der Waals surface area contributed by atoms with Crippen LogP contribution in [-0.2, 0) is 0 Å². The fourth-order valence-corrected chi connectivity index (χ4v) is 4.09. The number of thiocarbonyl (C=S) groups is 1. The van der Waals surface area contributed by atoms with E-state index in [-0.39, 0.29) is 0 Å². The molecule has 2 fully saturated rings. The highest BCUT2D eigenvalue weighted by atomic mass is 32.1. The Labute approximate surface area is 146 Å². The minimum absolute atomic E-state index is 0.825. The molecule has 0 amide bonds. The van der Waals surface area contributed by atoms with Crippen LogP contribution in [0.5, 0.6) is 0 Å². The highest BCUT2D eigenvalue weighted by Gasteiger charge is 2.26. The van der Waals surface area contributed by atoms with Gasteiger partial charge in [0.2, 0.25) is 0 Å². The number of benzene rings is 1. The van der Waals surface area contributed by atoms with Crippen LogP contribution >= 0.6 is 12.2 Å². The number of anilines is 1. The van der Waals surface area contributed by atoms with Gasteiger partial charge in [0, 0.05) is 37.9 Å². The van der Waals surface area contributed by atoms with Crippen LogP contribution < -0.4 is 5.32 Å². The molecule has 126 valence electrons. The van der Waals surface area contributed by atoms with Gasteiger partial charge in [0.15, 0.2) is 5.11 Å². The van der Waals surface area contributed by atoms with Crippen LogP contribution in [0.4, 0.5) is 5.69 Å². The highest BCUT2D eigenvalue weighted by Crippen LogP contribution is 2.24. The molecule has 1 aliphatic heterocycles. The maximum Gasteiger partial charge on any atom is 0.173 e. The lowest BCUT2D eigenvalue weighted by Gasteiger charge is -2.41. The first-order valence-electron chi connectivity index (χ1n) is 9.01. The number of rotatable bonds is 2. The Kier molecular flexibility index (Phi) is 5.54. The van der Waals surface area contributed by atoms with Crippen LogP contribution in [0.1, 0.15) is 43.2 Å².